The number of hydrogen-bond donors (Lipinski definition) is 1. The first-order chi connectivity index (χ1) is 4.66. The molecule has 0 aromatic heterocycles. The molecule has 0 saturated heterocycles. The van der Waals surface area contributed by atoms with Crippen molar-refractivity contribution in [2.75, 3.05) is 5.88 Å². The van der Waals surface area contributed by atoms with Gasteiger partial charge in [-0.3, -0.25) is 0 Å². The molecule has 0 aliphatic heterocycles. The minimum atomic E-state index is -0.704. The minimum absolute atomic E-state index is 0.324. The Balaban J connectivity index is 2.69. The fraction of sp³-hybridized carbons (Fsp3) is 0.750. The lowest BCUT2D eigenvalue weighted by atomic mass is 9.89. The van der Waals surface area contributed by atoms with Crippen molar-refractivity contribution in [3.8, 4) is 0 Å². The number of halogens is 1. The highest BCUT2D eigenvalue weighted by Crippen LogP contribution is 2.26. The van der Waals surface area contributed by atoms with Crippen LogP contribution in [0.3, 0.4) is 0 Å². The maximum absolute atomic E-state index is 9.64. The van der Waals surface area contributed by atoms with Gasteiger partial charge in [-0.1, -0.05) is 11.6 Å². The Hall–Kier alpha value is -0.0100. The van der Waals surface area contributed by atoms with E-state index in [-0.39, 0.29) is 0 Å². The van der Waals surface area contributed by atoms with Crippen LogP contribution in [-0.2, 0) is 0 Å². The molecule has 0 fully saturated rings. The zero-order valence-corrected chi connectivity index (χ0v) is 6.99. The fourth-order valence-electron chi connectivity index (χ4n) is 1.38. The van der Waals surface area contributed by atoms with Gasteiger partial charge in [-0.15, -0.1) is 11.6 Å². The van der Waals surface area contributed by atoms with Crippen LogP contribution in [0.15, 0.2) is 11.6 Å². The monoisotopic (exact) mass is 160 g/mol. The smallest absolute Gasteiger partial charge is 0.0965 e. The number of allylic oxidation sites excluding steroid dienone is 1. The lowest BCUT2D eigenvalue weighted by Gasteiger charge is -2.26. The van der Waals surface area contributed by atoms with Crippen LogP contribution in [0.2, 0.25) is 0 Å². The molecule has 0 saturated carbocycles. The van der Waals surface area contributed by atoms with E-state index in [4.69, 9.17) is 11.6 Å². The van der Waals surface area contributed by atoms with Crippen LogP contribution in [-0.4, -0.2) is 16.6 Å². The van der Waals surface area contributed by atoms with Crippen molar-refractivity contribution in [3.05, 3.63) is 11.6 Å². The zero-order valence-electron chi connectivity index (χ0n) is 6.23. The van der Waals surface area contributed by atoms with E-state index < -0.39 is 5.60 Å². The summed E-state index contributed by atoms with van der Waals surface area (Å²) in [5, 5.41) is 9.64. The molecule has 1 aliphatic rings. The molecule has 1 N–H and O–H groups in total. The molecule has 0 aromatic rings. The molecular formula is C8H13ClO. The Morgan fingerprint density at radius 1 is 1.80 bits per heavy atom. The zero-order chi connectivity index (χ0) is 7.61. The third kappa shape index (κ3) is 1.74. The first-order valence-electron chi connectivity index (χ1n) is 3.63. The molecular weight excluding hydrogens is 148 g/mol. The third-order valence-corrected chi connectivity index (χ3v) is 2.39. The van der Waals surface area contributed by atoms with Crippen LogP contribution in [0.1, 0.15) is 26.2 Å². The standard InChI is InChI=1S/C8H13ClO/c1-7-3-2-4-8(10,5-7)6-9/h5,10H,2-4,6H2,1H3/t8-/m0/s1. The largest absolute Gasteiger partial charge is 0.385 e. The first-order valence-corrected chi connectivity index (χ1v) is 4.16. The van der Waals surface area contributed by atoms with Gasteiger partial charge in [-0.2, -0.15) is 0 Å². The summed E-state index contributed by atoms with van der Waals surface area (Å²) in [5.41, 5.74) is 0.554. The van der Waals surface area contributed by atoms with E-state index in [1.54, 1.807) is 0 Å². The average Bonchev–Trinajstić information content (AvgIpc) is 1.88. The molecule has 0 bridgehead atoms. The maximum atomic E-state index is 9.64. The molecule has 0 aromatic carbocycles. The quantitative estimate of drug-likeness (QED) is 0.460. The minimum Gasteiger partial charge on any atom is -0.385 e. The number of alkyl halides is 1. The molecule has 58 valence electrons. The second kappa shape index (κ2) is 2.93. The van der Waals surface area contributed by atoms with Crippen LogP contribution in [0.4, 0.5) is 0 Å². The van der Waals surface area contributed by atoms with Gasteiger partial charge in [0.05, 0.1) is 11.5 Å². The van der Waals surface area contributed by atoms with Crippen molar-refractivity contribution in [3.63, 3.8) is 0 Å². The van der Waals surface area contributed by atoms with E-state index >= 15 is 0 Å². The molecule has 10 heavy (non-hydrogen) atoms. The second-order valence-corrected chi connectivity index (χ2v) is 3.35. The summed E-state index contributed by atoms with van der Waals surface area (Å²) < 4.78 is 0. The van der Waals surface area contributed by atoms with E-state index in [0.29, 0.717) is 5.88 Å². The molecule has 0 spiro atoms. The summed E-state index contributed by atoms with van der Waals surface area (Å²) in [6.07, 6.45) is 4.88. The van der Waals surface area contributed by atoms with Crippen LogP contribution >= 0.6 is 11.6 Å². The van der Waals surface area contributed by atoms with Gasteiger partial charge in [-0.05, 0) is 26.2 Å². The molecule has 2 heteroatoms. The van der Waals surface area contributed by atoms with Crippen molar-refractivity contribution < 1.29 is 5.11 Å². The molecule has 0 heterocycles. The Bertz CT molecular complexity index is 153. The van der Waals surface area contributed by atoms with Crippen LogP contribution in [0.5, 0.6) is 0 Å². The van der Waals surface area contributed by atoms with Gasteiger partial charge in [0.25, 0.3) is 0 Å². The van der Waals surface area contributed by atoms with Crippen LogP contribution in [0, 0.1) is 0 Å². The highest BCUT2D eigenvalue weighted by molar-refractivity contribution is 6.18. The second-order valence-electron chi connectivity index (χ2n) is 3.08. The SMILES string of the molecule is CC1=C[C@](O)(CCl)CCC1. The Labute approximate surface area is 66.7 Å². The van der Waals surface area contributed by atoms with Gasteiger partial charge < -0.3 is 5.11 Å². The summed E-state index contributed by atoms with van der Waals surface area (Å²) >= 11 is 5.59. The summed E-state index contributed by atoms with van der Waals surface area (Å²) in [6, 6.07) is 0. The molecule has 1 atom stereocenters. The molecule has 1 rings (SSSR count). The topological polar surface area (TPSA) is 20.2 Å². The Morgan fingerprint density at radius 2 is 2.50 bits per heavy atom. The van der Waals surface area contributed by atoms with Gasteiger partial charge in [0.1, 0.15) is 0 Å². The molecule has 0 radical (unpaired) electrons. The molecule has 1 aliphatic carbocycles. The van der Waals surface area contributed by atoms with Gasteiger partial charge in [-0.25, -0.2) is 0 Å². The summed E-state index contributed by atoms with van der Waals surface area (Å²) in [5.74, 6) is 0.324. The first kappa shape index (κ1) is 8.09. The van der Waals surface area contributed by atoms with E-state index in [2.05, 4.69) is 0 Å². The van der Waals surface area contributed by atoms with Gasteiger partial charge in [0.2, 0.25) is 0 Å². The third-order valence-electron chi connectivity index (χ3n) is 1.93. The Morgan fingerprint density at radius 3 is 2.90 bits per heavy atom. The fourth-order valence-corrected chi connectivity index (χ4v) is 1.59. The molecule has 0 amide bonds. The average molecular weight is 161 g/mol. The van der Waals surface area contributed by atoms with Gasteiger partial charge >= 0.3 is 0 Å². The van der Waals surface area contributed by atoms with Crippen molar-refractivity contribution in [1.82, 2.24) is 0 Å². The lowest BCUT2D eigenvalue weighted by Crippen LogP contribution is -2.30. The molecule has 1 nitrogen and oxygen atoms in total. The number of aliphatic hydroxyl groups is 1. The van der Waals surface area contributed by atoms with Crippen LogP contribution < -0.4 is 0 Å². The summed E-state index contributed by atoms with van der Waals surface area (Å²) in [4.78, 5) is 0. The highest BCUT2D eigenvalue weighted by atomic mass is 35.5. The number of rotatable bonds is 1. The van der Waals surface area contributed by atoms with Crippen molar-refractivity contribution in [2.45, 2.75) is 31.8 Å². The Kier molecular flexibility index (Phi) is 2.37. The van der Waals surface area contributed by atoms with Gasteiger partial charge in [0, 0.05) is 0 Å². The van der Waals surface area contributed by atoms with E-state index in [0.717, 1.165) is 19.3 Å². The predicted molar refractivity (Wildman–Crippen MR) is 43.3 cm³/mol. The molecule has 0 unspecified atom stereocenters. The van der Waals surface area contributed by atoms with Crippen LogP contribution in [0.25, 0.3) is 0 Å². The number of hydrogen-bond acceptors (Lipinski definition) is 1. The normalized spacial score (nSPS) is 33.7. The summed E-state index contributed by atoms with van der Waals surface area (Å²) in [7, 11) is 0. The van der Waals surface area contributed by atoms with E-state index in [9.17, 15) is 5.11 Å². The van der Waals surface area contributed by atoms with Gasteiger partial charge in [0.15, 0.2) is 0 Å². The van der Waals surface area contributed by atoms with Crippen molar-refractivity contribution in [1.29, 1.82) is 0 Å². The predicted octanol–water partition coefficient (Wildman–Crippen LogP) is 2.09. The van der Waals surface area contributed by atoms with Crippen molar-refractivity contribution in [2.24, 2.45) is 0 Å². The maximum Gasteiger partial charge on any atom is 0.0965 e. The van der Waals surface area contributed by atoms with E-state index in [1.807, 2.05) is 13.0 Å². The lowest BCUT2D eigenvalue weighted by molar-refractivity contribution is 0.0965. The van der Waals surface area contributed by atoms with E-state index in [1.165, 1.54) is 5.57 Å². The van der Waals surface area contributed by atoms with Crippen molar-refractivity contribution >= 4 is 11.6 Å². The highest BCUT2D eigenvalue weighted by Gasteiger charge is 2.25. The summed E-state index contributed by atoms with van der Waals surface area (Å²) in [6.45, 7) is 2.04.